The molecule has 1 aliphatic rings. The van der Waals surface area contributed by atoms with Gasteiger partial charge < -0.3 is 5.73 Å². The first-order valence-electron chi connectivity index (χ1n) is 3.24. The normalized spacial score (nSPS) is 28.5. The molecule has 0 aromatic rings. The van der Waals surface area contributed by atoms with Gasteiger partial charge in [-0.1, -0.05) is 0 Å². The monoisotopic (exact) mass is 171 g/mol. The van der Waals surface area contributed by atoms with Crippen molar-refractivity contribution >= 4 is 12.4 Å². The van der Waals surface area contributed by atoms with Gasteiger partial charge in [-0.2, -0.15) is 0 Å². The van der Waals surface area contributed by atoms with E-state index in [2.05, 4.69) is 0 Å². The lowest BCUT2D eigenvalue weighted by Crippen LogP contribution is -2.39. The molecule has 0 aromatic carbocycles. The van der Waals surface area contributed by atoms with Gasteiger partial charge in [-0.3, -0.25) is 0 Å². The number of nitrogens with two attached hydrogens (primary N) is 1. The Hall–Kier alpha value is 0.110. The van der Waals surface area contributed by atoms with Crippen LogP contribution < -0.4 is 5.73 Å². The Bertz CT molecular complexity index is 108. The van der Waals surface area contributed by atoms with E-state index in [4.69, 9.17) is 5.73 Å². The predicted molar refractivity (Wildman–Crippen MR) is 38.6 cm³/mol. The Labute approximate surface area is 65.4 Å². The van der Waals surface area contributed by atoms with E-state index in [0.717, 1.165) is 0 Å². The molecule has 1 saturated carbocycles. The van der Waals surface area contributed by atoms with Crippen LogP contribution in [0.4, 0.5) is 8.78 Å². The molecule has 4 heteroatoms. The molecule has 0 bridgehead atoms. The summed E-state index contributed by atoms with van der Waals surface area (Å²) in [5.41, 5.74) is 5.13. The highest BCUT2D eigenvalue weighted by Crippen LogP contribution is 2.44. The average Bonchev–Trinajstić information content (AvgIpc) is 1.81. The van der Waals surface area contributed by atoms with Crippen molar-refractivity contribution in [3.8, 4) is 0 Å². The summed E-state index contributed by atoms with van der Waals surface area (Å²) in [5, 5.41) is 0. The van der Waals surface area contributed by atoms with Crippen LogP contribution in [0.3, 0.4) is 0 Å². The lowest BCUT2D eigenvalue weighted by Gasteiger charge is -2.35. The van der Waals surface area contributed by atoms with Gasteiger partial charge in [0.15, 0.2) is 0 Å². The van der Waals surface area contributed by atoms with E-state index in [9.17, 15) is 8.78 Å². The van der Waals surface area contributed by atoms with Crippen LogP contribution in [0.25, 0.3) is 0 Å². The molecule has 1 aliphatic carbocycles. The standard InChI is InChI=1S/C6H11F2N.ClH/c7-6(8)3-1-5(6)2-4-9;/h5H,1-4,9H2;1H. The fourth-order valence-electron chi connectivity index (χ4n) is 1.12. The smallest absolute Gasteiger partial charge is 0.251 e. The van der Waals surface area contributed by atoms with Gasteiger partial charge in [0, 0.05) is 12.3 Å². The van der Waals surface area contributed by atoms with Crippen LogP contribution in [-0.2, 0) is 0 Å². The van der Waals surface area contributed by atoms with E-state index in [0.29, 0.717) is 19.4 Å². The zero-order valence-electron chi connectivity index (χ0n) is 5.65. The molecule has 1 atom stereocenters. The first-order chi connectivity index (χ1) is 4.17. The zero-order valence-corrected chi connectivity index (χ0v) is 6.46. The lowest BCUT2D eigenvalue weighted by molar-refractivity contribution is -0.133. The number of rotatable bonds is 2. The topological polar surface area (TPSA) is 26.0 Å². The summed E-state index contributed by atoms with van der Waals surface area (Å²) in [5.74, 6) is -2.80. The minimum Gasteiger partial charge on any atom is -0.330 e. The Kier molecular flexibility index (Phi) is 3.52. The molecular formula is C6H12ClF2N. The number of halogens is 3. The molecular weight excluding hydrogens is 160 g/mol. The molecule has 0 aromatic heterocycles. The second kappa shape index (κ2) is 3.49. The van der Waals surface area contributed by atoms with Gasteiger partial charge in [0.05, 0.1) is 0 Å². The molecule has 0 spiro atoms. The van der Waals surface area contributed by atoms with Gasteiger partial charge in [-0.25, -0.2) is 8.78 Å². The van der Waals surface area contributed by atoms with E-state index in [1.54, 1.807) is 0 Å². The van der Waals surface area contributed by atoms with Crippen molar-refractivity contribution in [2.75, 3.05) is 6.54 Å². The molecule has 1 nitrogen and oxygen atoms in total. The van der Waals surface area contributed by atoms with E-state index >= 15 is 0 Å². The summed E-state index contributed by atoms with van der Waals surface area (Å²) in [7, 11) is 0. The highest BCUT2D eigenvalue weighted by molar-refractivity contribution is 5.85. The van der Waals surface area contributed by atoms with E-state index in [1.165, 1.54) is 0 Å². The second-order valence-electron chi connectivity index (χ2n) is 2.57. The molecule has 1 fully saturated rings. The fourth-order valence-corrected chi connectivity index (χ4v) is 1.12. The van der Waals surface area contributed by atoms with Crippen LogP contribution in [0.15, 0.2) is 0 Å². The number of alkyl halides is 2. The third-order valence-electron chi connectivity index (χ3n) is 1.94. The minimum atomic E-state index is -2.39. The van der Waals surface area contributed by atoms with Gasteiger partial charge in [0.1, 0.15) is 0 Å². The lowest BCUT2D eigenvalue weighted by atomic mass is 9.79. The number of hydrogen-bond acceptors (Lipinski definition) is 1. The Morgan fingerprint density at radius 3 is 2.20 bits per heavy atom. The van der Waals surface area contributed by atoms with Gasteiger partial charge in [-0.05, 0) is 19.4 Å². The molecule has 1 rings (SSSR count). The zero-order chi connectivity index (χ0) is 6.91. The van der Waals surface area contributed by atoms with Crippen molar-refractivity contribution in [3.05, 3.63) is 0 Å². The quantitative estimate of drug-likeness (QED) is 0.674. The molecule has 0 amide bonds. The summed E-state index contributed by atoms with van der Waals surface area (Å²) < 4.78 is 24.7. The largest absolute Gasteiger partial charge is 0.330 e. The second-order valence-corrected chi connectivity index (χ2v) is 2.57. The maximum Gasteiger partial charge on any atom is 0.251 e. The van der Waals surface area contributed by atoms with Crippen molar-refractivity contribution in [3.63, 3.8) is 0 Å². The van der Waals surface area contributed by atoms with Crippen LogP contribution in [0.2, 0.25) is 0 Å². The van der Waals surface area contributed by atoms with Crippen LogP contribution in [-0.4, -0.2) is 12.5 Å². The fraction of sp³-hybridized carbons (Fsp3) is 1.00. The summed E-state index contributed by atoms with van der Waals surface area (Å²) >= 11 is 0. The third kappa shape index (κ3) is 1.80. The first-order valence-corrected chi connectivity index (χ1v) is 3.24. The Balaban J connectivity index is 0.000000810. The molecule has 0 saturated heterocycles. The van der Waals surface area contributed by atoms with Crippen molar-refractivity contribution in [1.29, 1.82) is 0 Å². The van der Waals surface area contributed by atoms with E-state index in [1.807, 2.05) is 0 Å². The van der Waals surface area contributed by atoms with Gasteiger partial charge in [-0.15, -0.1) is 12.4 Å². The van der Waals surface area contributed by atoms with Crippen molar-refractivity contribution in [1.82, 2.24) is 0 Å². The third-order valence-corrected chi connectivity index (χ3v) is 1.94. The van der Waals surface area contributed by atoms with E-state index < -0.39 is 11.8 Å². The summed E-state index contributed by atoms with van der Waals surface area (Å²) in [6.45, 7) is 0.389. The highest BCUT2D eigenvalue weighted by Gasteiger charge is 2.47. The number of hydrogen-bond donors (Lipinski definition) is 1. The predicted octanol–water partition coefficient (Wildman–Crippen LogP) is 1.80. The van der Waals surface area contributed by atoms with Crippen molar-refractivity contribution in [2.24, 2.45) is 11.7 Å². The van der Waals surface area contributed by atoms with Gasteiger partial charge >= 0.3 is 0 Å². The van der Waals surface area contributed by atoms with Gasteiger partial charge in [0.2, 0.25) is 0 Å². The van der Waals surface area contributed by atoms with Crippen molar-refractivity contribution in [2.45, 2.75) is 25.2 Å². The molecule has 10 heavy (non-hydrogen) atoms. The minimum absolute atomic E-state index is 0. The maximum absolute atomic E-state index is 12.3. The highest BCUT2D eigenvalue weighted by atomic mass is 35.5. The van der Waals surface area contributed by atoms with Crippen molar-refractivity contribution < 1.29 is 8.78 Å². The Morgan fingerprint density at radius 1 is 1.50 bits per heavy atom. The average molecular weight is 172 g/mol. The SMILES string of the molecule is Cl.NCCC1CCC1(F)F. The first kappa shape index (κ1) is 10.1. The molecule has 0 radical (unpaired) electrons. The van der Waals surface area contributed by atoms with Crippen LogP contribution >= 0.6 is 12.4 Å². The van der Waals surface area contributed by atoms with Crippen LogP contribution in [0.5, 0.6) is 0 Å². The summed E-state index contributed by atoms with van der Waals surface area (Å²) in [6.07, 6.45) is 1.20. The molecule has 2 N–H and O–H groups in total. The molecule has 62 valence electrons. The molecule has 0 heterocycles. The van der Waals surface area contributed by atoms with E-state index in [-0.39, 0.29) is 18.8 Å². The Morgan fingerprint density at radius 2 is 2.10 bits per heavy atom. The molecule has 1 unspecified atom stereocenters. The van der Waals surface area contributed by atoms with Crippen LogP contribution in [0.1, 0.15) is 19.3 Å². The van der Waals surface area contributed by atoms with Gasteiger partial charge in [0.25, 0.3) is 5.92 Å². The van der Waals surface area contributed by atoms with Crippen LogP contribution in [0, 0.1) is 5.92 Å². The summed E-state index contributed by atoms with van der Waals surface area (Å²) in [4.78, 5) is 0. The summed E-state index contributed by atoms with van der Waals surface area (Å²) in [6, 6.07) is 0. The molecule has 0 aliphatic heterocycles. The maximum atomic E-state index is 12.3.